The molecular formula is C14H11F3O2. The van der Waals surface area contributed by atoms with Gasteiger partial charge in [0.2, 0.25) is 0 Å². The van der Waals surface area contributed by atoms with Crippen molar-refractivity contribution in [1.82, 2.24) is 0 Å². The molecule has 2 aromatic carbocycles. The van der Waals surface area contributed by atoms with Crippen LogP contribution in [0.2, 0.25) is 0 Å². The second-order valence-electron chi connectivity index (χ2n) is 4.02. The Morgan fingerprint density at radius 1 is 0.789 bits per heavy atom. The average Bonchev–Trinajstić information content (AvgIpc) is 2.34. The van der Waals surface area contributed by atoms with Gasteiger partial charge >= 0.3 is 0 Å². The molecular weight excluding hydrogens is 257 g/mol. The fourth-order valence-electron chi connectivity index (χ4n) is 1.66. The van der Waals surface area contributed by atoms with Crippen LogP contribution in [0.4, 0.5) is 13.2 Å². The summed E-state index contributed by atoms with van der Waals surface area (Å²) in [5, 5.41) is 8.92. The standard InChI is InChI=1S/C14H11F3O2/c15-11-2-10(3-12(16)5-11)8-19-14-4-9(7-18)1-13(17)6-14/h1-6,18H,7-8H2. The Morgan fingerprint density at radius 2 is 1.37 bits per heavy atom. The first-order chi connectivity index (χ1) is 9.06. The van der Waals surface area contributed by atoms with E-state index in [1.165, 1.54) is 12.1 Å². The van der Waals surface area contributed by atoms with E-state index in [4.69, 9.17) is 9.84 Å². The number of rotatable bonds is 4. The fraction of sp³-hybridized carbons (Fsp3) is 0.143. The van der Waals surface area contributed by atoms with E-state index in [9.17, 15) is 13.2 Å². The van der Waals surface area contributed by atoms with Gasteiger partial charge in [0.15, 0.2) is 0 Å². The van der Waals surface area contributed by atoms with Crippen molar-refractivity contribution < 1.29 is 23.0 Å². The summed E-state index contributed by atoms with van der Waals surface area (Å²) in [4.78, 5) is 0. The summed E-state index contributed by atoms with van der Waals surface area (Å²) in [6.45, 7) is -0.411. The summed E-state index contributed by atoms with van der Waals surface area (Å²) < 4.78 is 44.3. The molecule has 1 N–H and O–H groups in total. The normalized spacial score (nSPS) is 10.5. The van der Waals surface area contributed by atoms with E-state index < -0.39 is 17.5 Å². The third kappa shape index (κ3) is 3.72. The average molecular weight is 268 g/mol. The van der Waals surface area contributed by atoms with Gasteiger partial charge in [0.25, 0.3) is 0 Å². The van der Waals surface area contributed by atoms with Gasteiger partial charge in [-0.05, 0) is 35.4 Å². The van der Waals surface area contributed by atoms with E-state index >= 15 is 0 Å². The summed E-state index contributed by atoms with van der Waals surface area (Å²) in [5.74, 6) is -1.76. The molecule has 0 heterocycles. The van der Waals surface area contributed by atoms with Crippen molar-refractivity contribution in [1.29, 1.82) is 0 Å². The first kappa shape index (κ1) is 13.4. The van der Waals surface area contributed by atoms with E-state index in [1.54, 1.807) is 0 Å². The Bertz CT molecular complexity index is 565. The Labute approximate surface area is 108 Å². The number of ether oxygens (including phenoxy) is 1. The maximum atomic E-state index is 13.2. The number of aliphatic hydroxyl groups is 1. The SMILES string of the molecule is OCc1cc(F)cc(OCc2cc(F)cc(F)c2)c1. The van der Waals surface area contributed by atoms with Gasteiger partial charge in [-0.1, -0.05) is 0 Å². The third-order valence-corrected chi connectivity index (χ3v) is 2.44. The molecule has 0 aromatic heterocycles. The summed E-state index contributed by atoms with van der Waals surface area (Å²) in [6, 6.07) is 6.79. The monoisotopic (exact) mass is 268 g/mol. The molecule has 0 radical (unpaired) electrons. The lowest BCUT2D eigenvalue weighted by molar-refractivity contribution is 0.276. The molecule has 5 heteroatoms. The van der Waals surface area contributed by atoms with Crippen molar-refractivity contribution in [2.75, 3.05) is 0 Å². The molecule has 0 aliphatic carbocycles. The molecule has 0 unspecified atom stereocenters. The van der Waals surface area contributed by atoms with E-state index in [1.807, 2.05) is 0 Å². The largest absolute Gasteiger partial charge is 0.489 e. The minimum absolute atomic E-state index is 0.0942. The lowest BCUT2D eigenvalue weighted by Crippen LogP contribution is -1.98. The maximum Gasteiger partial charge on any atom is 0.127 e. The molecule has 0 amide bonds. The second kappa shape index (κ2) is 5.75. The van der Waals surface area contributed by atoms with Crippen LogP contribution in [0.15, 0.2) is 36.4 Å². The Hall–Kier alpha value is -2.01. The van der Waals surface area contributed by atoms with Gasteiger partial charge in [-0.3, -0.25) is 0 Å². The highest BCUT2D eigenvalue weighted by molar-refractivity contribution is 5.29. The van der Waals surface area contributed by atoms with Crippen molar-refractivity contribution in [3.05, 3.63) is 65.0 Å². The highest BCUT2D eigenvalue weighted by Gasteiger charge is 2.04. The van der Waals surface area contributed by atoms with Gasteiger partial charge in [-0.15, -0.1) is 0 Å². The summed E-state index contributed by atoms with van der Waals surface area (Å²) in [7, 11) is 0. The van der Waals surface area contributed by atoms with Crippen molar-refractivity contribution in [2.24, 2.45) is 0 Å². The molecule has 0 bridgehead atoms. The fourth-order valence-corrected chi connectivity index (χ4v) is 1.66. The molecule has 2 rings (SSSR count). The van der Waals surface area contributed by atoms with E-state index in [-0.39, 0.29) is 19.0 Å². The topological polar surface area (TPSA) is 29.5 Å². The lowest BCUT2D eigenvalue weighted by atomic mass is 10.2. The predicted molar refractivity (Wildman–Crippen MR) is 63.0 cm³/mol. The van der Waals surface area contributed by atoms with E-state index in [0.717, 1.165) is 24.3 Å². The van der Waals surface area contributed by atoms with Crippen LogP contribution >= 0.6 is 0 Å². The van der Waals surface area contributed by atoms with Gasteiger partial charge in [0, 0.05) is 12.1 Å². The zero-order valence-corrected chi connectivity index (χ0v) is 9.87. The molecule has 19 heavy (non-hydrogen) atoms. The first-order valence-electron chi connectivity index (χ1n) is 5.55. The molecule has 100 valence electrons. The number of hydrogen-bond acceptors (Lipinski definition) is 2. The van der Waals surface area contributed by atoms with Crippen LogP contribution in [0.3, 0.4) is 0 Å². The summed E-state index contributed by atoms with van der Waals surface area (Å²) >= 11 is 0. The smallest absolute Gasteiger partial charge is 0.127 e. The van der Waals surface area contributed by atoms with Crippen LogP contribution < -0.4 is 4.74 Å². The van der Waals surface area contributed by atoms with E-state index in [2.05, 4.69) is 0 Å². The Morgan fingerprint density at radius 3 is 2.00 bits per heavy atom. The quantitative estimate of drug-likeness (QED) is 0.922. The van der Waals surface area contributed by atoms with Crippen LogP contribution in [0.25, 0.3) is 0 Å². The van der Waals surface area contributed by atoms with Crippen molar-refractivity contribution >= 4 is 0 Å². The summed E-state index contributed by atoms with van der Waals surface area (Å²) in [6.07, 6.45) is 0. The molecule has 0 saturated carbocycles. The number of benzene rings is 2. The zero-order valence-electron chi connectivity index (χ0n) is 9.87. The van der Waals surface area contributed by atoms with Crippen LogP contribution in [-0.4, -0.2) is 5.11 Å². The molecule has 2 aromatic rings. The van der Waals surface area contributed by atoms with Crippen LogP contribution in [0.5, 0.6) is 5.75 Å². The van der Waals surface area contributed by atoms with Gasteiger partial charge in [-0.2, -0.15) is 0 Å². The molecule has 0 spiro atoms. The minimum Gasteiger partial charge on any atom is -0.489 e. The molecule has 0 aliphatic heterocycles. The van der Waals surface area contributed by atoms with Crippen LogP contribution in [0, 0.1) is 17.5 Å². The number of halogens is 3. The van der Waals surface area contributed by atoms with Gasteiger partial charge in [0.1, 0.15) is 29.8 Å². The Balaban J connectivity index is 2.11. The molecule has 0 saturated heterocycles. The number of hydrogen-bond donors (Lipinski definition) is 1. The predicted octanol–water partition coefficient (Wildman–Crippen LogP) is 3.18. The van der Waals surface area contributed by atoms with Crippen molar-refractivity contribution in [3.8, 4) is 5.75 Å². The van der Waals surface area contributed by atoms with Crippen LogP contribution in [-0.2, 0) is 13.2 Å². The summed E-state index contributed by atoms with van der Waals surface area (Å²) in [5.41, 5.74) is 0.660. The van der Waals surface area contributed by atoms with E-state index in [0.29, 0.717) is 11.1 Å². The third-order valence-electron chi connectivity index (χ3n) is 2.44. The van der Waals surface area contributed by atoms with Crippen molar-refractivity contribution in [3.63, 3.8) is 0 Å². The van der Waals surface area contributed by atoms with Gasteiger partial charge in [-0.25, -0.2) is 13.2 Å². The lowest BCUT2D eigenvalue weighted by Gasteiger charge is -2.08. The second-order valence-corrected chi connectivity index (χ2v) is 4.02. The molecule has 0 fully saturated rings. The maximum absolute atomic E-state index is 13.2. The highest BCUT2D eigenvalue weighted by Crippen LogP contribution is 2.18. The zero-order chi connectivity index (χ0) is 13.8. The van der Waals surface area contributed by atoms with Gasteiger partial charge < -0.3 is 9.84 Å². The van der Waals surface area contributed by atoms with Gasteiger partial charge in [0.05, 0.1) is 6.61 Å². The first-order valence-corrected chi connectivity index (χ1v) is 5.55. The van der Waals surface area contributed by atoms with Crippen LogP contribution in [0.1, 0.15) is 11.1 Å². The highest BCUT2D eigenvalue weighted by atomic mass is 19.1. The molecule has 2 nitrogen and oxygen atoms in total. The Kier molecular flexibility index (Phi) is 4.06. The molecule has 0 aliphatic rings. The minimum atomic E-state index is -0.700. The number of aliphatic hydroxyl groups excluding tert-OH is 1. The molecule has 0 atom stereocenters. The van der Waals surface area contributed by atoms with Crippen molar-refractivity contribution in [2.45, 2.75) is 13.2 Å².